The normalized spacial score (nSPS) is 10.4. The molecule has 100 valence electrons. The Hall–Kier alpha value is -1.73. The minimum absolute atomic E-state index is 0.0982. The molecular formula is C11H9ClN2O4S. The van der Waals surface area contributed by atoms with Gasteiger partial charge in [-0.25, -0.2) is 0 Å². The van der Waals surface area contributed by atoms with Crippen molar-refractivity contribution in [1.82, 2.24) is 10.2 Å². The number of hydrogen-bond donors (Lipinski definition) is 1. The van der Waals surface area contributed by atoms with E-state index in [0.29, 0.717) is 10.8 Å². The number of benzene rings is 1. The van der Waals surface area contributed by atoms with Gasteiger partial charge in [0.05, 0.1) is 0 Å². The Morgan fingerprint density at radius 2 is 2.32 bits per heavy atom. The number of carbonyl (C=O) groups is 1. The SMILES string of the molecule is O=C(O)CSc1nnc(COc2cccc(Cl)c2)o1. The highest BCUT2D eigenvalue weighted by Gasteiger charge is 2.09. The molecular weight excluding hydrogens is 292 g/mol. The lowest BCUT2D eigenvalue weighted by molar-refractivity contribution is -0.133. The van der Waals surface area contributed by atoms with Crippen LogP contribution in [-0.2, 0) is 11.4 Å². The molecule has 0 fully saturated rings. The van der Waals surface area contributed by atoms with Gasteiger partial charge in [0.15, 0.2) is 6.61 Å². The van der Waals surface area contributed by atoms with E-state index >= 15 is 0 Å². The number of rotatable bonds is 6. The van der Waals surface area contributed by atoms with Gasteiger partial charge in [-0.1, -0.05) is 29.4 Å². The van der Waals surface area contributed by atoms with Crippen LogP contribution in [0.5, 0.6) is 5.75 Å². The van der Waals surface area contributed by atoms with E-state index in [1.807, 2.05) is 0 Å². The van der Waals surface area contributed by atoms with Crippen LogP contribution in [0.1, 0.15) is 5.89 Å². The molecule has 0 amide bonds. The average molecular weight is 301 g/mol. The summed E-state index contributed by atoms with van der Waals surface area (Å²) in [6, 6.07) is 6.92. The van der Waals surface area contributed by atoms with Gasteiger partial charge in [0, 0.05) is 5.02 Å². The smallest absolute Gasteiger partial charge is 0.314 e. The third-order valence-electron chi connectivity index (χ3n) is 1.93. The van der Waals surface area contributed by atoms with Crippen molar-refractivity contribution in [3.8, 4) is 5.75 Å². The van der Waals surface area contributed by atoms with Crippen molar-refractivity contribution in [2.75, 3.05) is 5.75 Å². The van der Waals surface area contributed by atoms with Crippen LogP contribution in [0, 0.1) is 0 Å². The zero-order valence-corrected chi connectivity index (χ0v) is 11.1. The topological polar surface area (TPSA) is 85.5 Å². The first-order valence-electron chi connectivity index (χ1n) is 5.19. The molecule has 1 N–H and O–H groups in total. The maximum Gasteiger partial charge on any atom is 0.314 e. The van der Waals surface area contributed by atoms with Crippen LogP contribution in [0.25, 0.3) is 0 Å². The number of hydrogen-bond acceptors (Lipinski definition) is 6. The number of ether oxygens (including phenoxy) is 1. The number of halogens is 1. The summed E-state index contributed by atoms with van der Waals surface area (Å²) < 4.78 is 10.6. The molecule has 0 aliphatic rings. The minimum Gasteiger partial charge on any atom is -0.484 e. The summed E-state index contributed by atoms with van der Waals surface area (Å²) in [6.45, 7) is 0.0982. The molecule has 0 bridgehead atoms. The monoisotopic (exact) mass is 300 g/mol. The quantitative estimate of drug-likeness (QED) is 0.820. The third kappa shape index (κ3) is 4.46. The van der Waals surface area contributed by atoms with Crippen molar-refractivity contribution in [3.63, 3.8) is 0 Å². The first kappa shape index (κ1) is 13.7. The van der Waals surface area contributed by atoms with E-state index < -0.39 is 5.97 Å². The fraction of sp³-hybridized carbons (Fsp3) is 0.182. The highest BCUT2D eigenvalue weighted by atomic mass is 35.5. The van der Waals surface area contributed by atoms with Crippen LogP contribution in [0.4, 0.5) is 0 Å². The summed E-state index contributed by atoms with van der Waals surface area (Å²) in [4.78, 5) is 10.4. The Bertz CT molecular complexity index is 575. The summed E-state index contributed by atoms with van der Waals surface area (Å²) in [6.07, 6.45) is 0. The van der Waals surface area contributed by atoms with Gasteiger partial charge in [0.25, 0.3) is 11.1 Å². The Morgan fingerprint density at radius 1 is 1.47 bits per heavy atom. The molecule has 0 radical (unpaired) electrons. The molecule has 0 saturated heterocycles. The summed E-state index contributed by atoms with van der Waals surface area (Å²) in [5.74, 6) is -0.213. The largest absolute Gasteiger partial charge is 0.484 e. The Morgan fingerprint density at radius 3 is 3.05 bits per heavy atom. The number of nitrogens with zero attached hydrogens (tertiary/aromatic N) is 2. The van der Waals surface area contributed by atoms with Crippen LogP contribution < -0.4 is 4.74 Å². The van der Waals surface area contributed by atoms with Crippen LogP contribution >= 0.6 is 23.4 Å². The molecule has 1 aromatic carbocycles. The van der Waals surface area contributed by atoms with Crippen molar-refractivity contribution in [2.45, 2.75) is 11.8 Å². The maximum absolute atomic E-state index is 10.4. The third-order valence-corrected chi connectivity index (χ3v) is 2.96. The van der Waals surface area contributed by atoms with Crippen molar-refractivity contribution < 1.29 is 19.1 Å². The minimum atomic E-state index is -0.945. The molecule has 0 aliphatic carbocycles. The van der Waals surface area contributed by atoms with E-state index in [1.165, 1.54) is 0 Å². The number of carboxylic acid groups (broad SMARTS) is 1. The summed E-state index contributed by atoms with van der Waals surface area (Å²) in [5.41, 5.74) is 0. The molecule has 6 nitrogen and oxygen atoms in total. The summed E-state index contributed by atoms with van der Waals surface area (Å²) in [7, 11) is 0. The van der Waals surface area contributed by atoms with Gasteiger partial charge < -0.3 is 14.3 Å². The van der Waals surface area contributed by atoms with E-state index in [1.54, 1.807) is 24.3 Å². The van der Waals surface area contributed by atoms with Crippen molar-refractivity contribution in [1.29, 1.82) is 0 Å². The predicted molar refractivity (Wildman–Crippen MR) is 68.4 cm³/mol. The molecule has 0 aliphatic heterocycles. The Balaban J connectivity index is 1.88. The van der Waals surface area contributed by atoms with E-state index in [2.05, 4.69) is 10.2 Å². The van der Waals surface area contributed by atoms with Gasteiger partial charge >= 0.3 is 5.97 Å². The van der Waals surface area contributed by atoms with Crippen LogP contribution in [0.2, 0.25) is 5.02 Å². The van der Waals surface area contributed by atoms with Crippen molar-refractivity contribution in [3.05, 3.63) is 35.2 Å². The number of aliphatic carboxylic acids is 1. The van der Waals surface area contributed by atoms with E-state index in [4.69, 9.17) is 25.9 Å². The van der Waals surface area contributed by atoms with Crippen LogP contribution in [0.15, 0.2) is 33.9 Å². The predicted octanol–water partition coefficient (Wildman–Crippen LogP) is 2.48. The second kappa shape index (κ2) is 6.44. The highest BCUT2D eigenvalue weighted by molar-refractivity contribution is 7.99. The Labute approximate surface area is 117 Å². The van der Waals surface area contributed by atoms with Gasteiger partial charge in [-0.05, 0) is 18.2 Å². The lowest BCUT2D eigenvalue weighted by Crippen LogP contribution is -1.97. The fourth-order valence-corrected chi connectivity index (χ4v) is 1.86. The van der Waals surface area contributed by atoms with Crippen molar-refractivity contribution >= 4 is 29.3 Å². The van der Waals surface area contributed by atoms with Gasteiger partial charge in [-0.3, -0.25) is 4.79 Å². The molecule has 2 aromatic rings. The number of thioether (sulfide) groups is 1. The fourth-order valence-electron chi connectivity index (χ4n) is 1.18. The standard InChI is InChI=1S/C11H9ClN2O4S/c12-7-2-1-3-8(4-7)17-5-9-13-14-11(18-9)19-6-10(15)16/h1-4H,5-6H2,(H,15,16). The van der Waals surface area contributed by atoms with Gasteiger partial charge in [-0.15, -0.1) is 10.2 Å². The van der Waals surface area contributed by atoms with E-state index in [0.717, 1.165) is 11.8 Å². The van der Waals surface area contributed by atoms with E-state index in [-0.39, 0.29) is 23.5 Å². The molecule has 19 heavy (non-hydrogen) atoms. The molecule has 1 aromatic heterocycles. The molecule has 0 atom stereocenters. The number of carboxylic acids is 1. The zero-order valence-electron chi connectivity index (χ0n) is 9.58. The zero-order chi connectivity index (χ0) is 13.7. The van der Waals surface area contributed by atoms with E-state index in [9.17, 15) is 4.79 Å². The maximum atomic E-state index is 10.4. The molecule has 2 rings (SSSR count). The Kier molecular flexibility index (Phi) is 4.64. The van der Waals surface area contributed by atoms with Gasteiger partial charge in [0.1, 0.15) is 11.5 Å². The summed E-state index contributed by atoms with van der Waals surface area (Å²) in [5, 5.41) is 16.7. The lowest BCUT2D eigenvalue weighted by atomic mass is 10.3. The second-order valence-corrected chi connectivity index (χ2v) is 4.75. The molecule has 0 unspecified atom stereocenters. The molecule has 0 saturated carbocycles. The second-order valence-electron chi connectivity index (χ2n) is 3.39. The molecule has 0 spiro atoms. The van der Waals surface area contributed by atoms with Crippen molar-refractivity contribution in [2.24, 2.45) is 0 Å². The van der Waals surface area contributed by atoms with Crippen LogP contribution in [0.3, 0.4) is 0 Å². The first-order valence-corrected chi connectivity index (χ1v) is 6.55. The number of aromatic nitrogens is 2. The lowest BCUT2D eigenvalue weighted by Gasteiger charge is -2.02. The first-order chi connectivity index (χ1) is 9.13. The molecule has 1 heterocycles. The highest BCUT2D eigenvalue weighted by Crippen LogP contribution is 2.19. The average Bonchev–Trinajstić information content (AvgIpc) is 2.82. The van der Waals surface area contributed by atoms with Crippen LogP contribution in [-0.4, -0.2) is 27.0 Å². The summed E-state index contributed by atoms with van der Waals surface area (Å²) >= 11 is 6.77. The van der Waals surface area contributed by atoms with Gasteiger partial charge in [0.2, 0.25) is 0 Å². The van der Waals surface area contributed by atoms with Gasteiger partial charge in [-0.2, -0.15) is 0 Å². The molecule has 8 heteroatoms.